The van der Waals surface area contributed by atoms with Gasteiger partial charge in [0.1, 0.15) is 16.5 Å². The third-order valence-electron chi connectivity index (χ3n) is 3.45. The zero-order chi connectivity index (χ0) is 17.5. The number of carbonyl (C=O) groups is 1. The van der Waals surface area contributed by atoms with Gasteiger partial charge in [-0.2, -0.15) is 4.72 Å². The lowest BCUT2D eigenvalue weighted by Crippen LogP contribution is -2.51. The number of aryl methyl sites for hydroxylation is 1. The van der Waals surface area contributed by atoms with Crippen molar-refractivity contribution in [1.29, 1.82) is 0 Å². The maximum atomic E-state index is 13.6. The molecule has 0 radical (unpaired) electrons. The van der Waals surface area contributed by atoms with Crippen molar-refractivity contribution in [3.8, 4) is 0 Å². The second-order valence-electron chi connectivity index (χ2n) is 5.31. The summed E-state index contributed by atoms with van der Waals surface area (Å²) < 4.78 is 53.1. The quantitative estimate of drug-likeness (QED) is 0.770. The molecule has 0 unspecified atom stereocenters. The van der Waals surface area contributed by atoms with E-state index in [2.05, 4.69) is 15.4 Å². The van der Waals surface area contributed by atoms with Crippen LogP contribution in [0.5, 0.6) is 0 Å². The van der Waals surface area contributed by atoms with Crippen LogP contribution in [0.3, 0.4) is 0 Å². The molecule has 0 aliphatic carbocycles. The highest BCUT2D eigenvalue weighted by molar-refractivity contribution is 7.89. The summed E-state index contributed by atoms with van der Waals surface area (Å²) in [5, 5.41) is 4.97. The molecule has 1 amide bonds. The summed E-state index contributed by atoms with van der Waals surface area (Å²) in [6.07, 6.45) is -1.33. The van der Waals surface area contributed by atoms with E-state index in [4.69, 9.17) is 0 Å². The van der Waals surface area contributed by atoms with E-state index in [1.807, 2.05) is 0 Å². The highest BCUT2D eigenvalue weighted by Gasteiger charge is 2.33. The van der Waals surface area contributed by atoms with Crippen LogP contribution in [-0.4, -0.2) is 20.5 Å². The summed E-state index contributed by atoms with van der Waals surface area (Å²) in [4.78, 5) is 12.2. The first-order valence-corrected chi connectivity index (χ1v) is 8.40. The molecule has 3 rings (SSSR count). The number of rotatable bonds is 2. The van der Waals surface area contributed by atoms with E-state index in [0.29, 0.717) is 6.07 Å². The van der Waals surface area contributed by atoms with E-state index in [1.54, 1.807) is 19.1 Å². The van der Waals surface area contributed by atoms with Crippen molar-refractivity contribution >= 4 is 27.3 Å². The standard InChI is InChI=1S/C15H13F2N3O3S/c1-8-2-5-13-12(6-8)18-14(20-24(13,22)23)15(21)19-11-4-3-9(16)7-10(11)17/h2-7,14,18,20H,1H3,(H,19,21)/t14-/m0/s1. The predicted octanol–water partition coefficient (Wildman–Crippen LogP) is 1.94. The molecular formula is C15H13F2N3O3S. The van der Waals surface area contributed by atoms with Crippen molar-refractivity contribution in [3.63, 3.8) is 0 Å². The molecule has 2 aromatic carbocycles. The number of amides is 1. The second-order valence-corrected chi connectivity index (χ2v) is 6.99. The number of benzene rings is 2. The number of fused-ring (bicyclic) bond motifs is 1. The number of sulfonamides is 1. The molecule has 0 saturated carbocycles. The fraction of sp³-hybridized carbons (Fsp3) is 0.133. The largest absolute Gasteiger partial charge is 0.360 e. The van der Waals surface area contributed by atoms with Crippen LogP contribution in [0, 0.1) is 18.6 Å². The Labute approximate surface area is 136 Å². The lowest BCUT2D eigenvalue weighted by atomic mass is 10.2. The van der Waals surface area contributed by atoms with Gasteiger partial charge in [0.25, 0.3) is 5.91 Å². The van der Waals surface area contributed by atoms with Crippen molar-refractivity contribution in [1.82, 2.24) is 4.72 Å². The highest BCUT2D eigenvalue weighted by Crippen LogP contribution is 2.27. The summed E-state index contributed by atoms with van der Waals surface area (Å²) in [7, 11) is -3.89. The average molecular weight is 353 g/mol. The van der Waals surface area contributed by atoms with E-state index in [0.717, 1.165) is 17.7 Å². The van der Waals surface area contributed by atoms with Crippen molar-refractivity contribution in [2.24, 2.45) is 0 Å². The molecular weight excluding hydrogens is 340 g/mol. The minimum Gasteiger partial charge on any atom is -0.360 e. The Bertz CT molecular complexity index is 932. The van der Waals surface area contributed by atoms with Crippen LogP contribution < -0.4 is 15.4 Å². The third kappa shape index (κ3) is 3.08. The van der Waals surface area contributed by atoms with Crippen LogP contribution in [0.15, 0.2) is 41.3 Å². The zero-order valence-electron chi connectivity index (χ0n) is 12.4. The Morgan fingerprint density at radius 2 is 1.92 bits per heavy atom. The molecule has 0 spiro atoms. The van der Waals surface area contributed by atoms with E-state index in [-0.39, 0.29) is 16.3 Å². The molecule has 0 saturated heterocycles. The van der Waals surface area contributed by atoms with Gasteiger partial charge in [-0.3, -0.25) is 4.79 Å². The number of hydrogen-bond acceptors (Lipinski definition) is 4. The topological polar surface area (TPSA) is 87.3 Å². The fourth-order valence-corrected chi connectivity index (χ4v) is 3.57. The Morgan fingerprint density at radius 1 is 1.17 bits per heavy atom. The SMILES string of the molecule is Cc1ccc2c(c1)N[C@H](C(=O)Nc1ccc(F)cc1F)NS2(=O)=O. The summed E-state index contributed by atoms with van der Waals surface area (Å²) in [5.74, 6) is -2.57. The lowest BCUT2D eigenvalue weighted by Gasteiger charge is -2.27. The highest BCUT2D eigenvalue weighted by atomic mass is 32.2. The number of hydrogen-bond donors (Lipinski definition) is 3. The molecule has 0 aromatic heterocycles. The van der Waals surface area contributed by atoms with Crippen molar-refractivity contribution < 1.29 is 22.0 Å². The van der Waals surface area contributed by atoms with Crippen molar-refractivity contribution in [3.05, 3.63) is 53.6 Å². The smallest absolute Gasteiger partial charge is 0.262 e. The molecule has 9 heteroatoms. The maximum Gasteiger partial charge on any atom is 0.262 e. The molecule has 24 heavy (non-hydrogen) atoms. The summed E-state index contributed by atoms with van der Waals surface area (Å²) in [6, 6.07) is 7.30. The molecule has 126 valence electrons. The van der Waals surface area contributed by atoms with E-state index in [1.165, 1.54) is 6.07 Å². The Balaban J connectivity index is 1.87. The first-order chi connectivity index (χ1) is 11.3. The van der Waals surface area contributed by atoms with Crippen LogP contribution in [0.2, 0.25) is 0 Å². The van der Waals surface area contributed by atoms with Crippen molar-refractivity contribution in [2.45, 2.75) is 18.0 Å². The Kier molecular flexibility index (Phi) is 3.98. The monoisotopic (exact) mass is 353 g/mol. The molecule has 1 aliphatic heterocycles. The van der Waals surface area contributed by atoms with Gasteiger partial charge in [0.15, 0.2) is 6.17 Å². The Hall–Kier alpha value is -2.52. The van der Waals surface area contributed by atoms with Gasteiger partial charge >= 0.3 is 0 Å². The molecule has 0 bridgehead atoms. The molecule has 6 nitrogen and oxygen atoms in total. The number of anilines is 2. The molecule has 0 fully saturated rings. The van der Waals surface area contributed by atoms with E-state index >= 15 is 0 Å². The first-order valence-electron chi connectivity index (χ1n) is 6.92. The second kappa shape index (κ2) is 5.84. The summed E-state index contributed by atoms with van der Waals surface area (Å²) in [6.45, 7) is 1.78. The van der Waals surface area contributed by atoms with Gasteiger partial charge in [-0.15, -0.1) is 0 Å². The van der Waals surface area contributed by atoms with Crippen LogP contribution in [-0.2, 0) is 14.8 Å². The fourth-order valence-electron chi connectivity index (χ4n) is 2.31. The van der Waals surface area contributed by atoms with Gasteiger partial charge in [-0.05, 0) is 36.8 Å². The van der Waals surface area contributed by atoms with Gasteiger partial charge in [0, 0.05) is 6.07 Å². The van der Waals surface area contributed by atoms with E-state index < -0.39 is 33.7 Å². The van der Waals surface area contributed by atoms with Crippen LogP contribution in [0.25, 0.3) is 0 Å². The van der Waals surface area contributed by atoms with Crippen LogP contribution in [0.1, 0.15) is 5.56 Å². The van der Waals surface area contributed by atoms with E-state index in [9.17, 15) is 22.0 Å². The van der Waals surface area contributed by atoms with Gasteiger partial charge in [-0.1, -0.05) is 6.07 Å². The zero-order valence-corrected chi connectivity index (χ0v) is 13.2. The Morgan fingerprint density at radius 3 is 2.62 bits per heavy atom. The number of carbonyl (C=O) groups excluding carboxylic acids is 1. The van der Waals surface area contributed by atoms with Gasteiger partial charge in [0.05, 0.1) is 11.4 Å². The maximum absolute atomic E-state index is 13.6. The van der Waals surface area contributed by atoms with Crippen LogP contribution >= 0.6 is 0 Å². The van der Waals surface area contributed by atoms with Gasteiger partial charge < -0.3 is 10.6 Å². The molecule has 1 aliphatic rings. The summed E-state index contributed by atoms with van der Waals surface area (Å²) >= 11 is 0. The van der Waals surface area contributed by atoms with Gasteiger partial charge in [-0.25, -0.2) is 17.2 Å². The lowest BCUT2D eigenvalue weighted by molar-refractivity contribution is -0.117. The normalized spacial score (nSPS) is 18.4. The summed E-state index contributed by atoms with van der Waals surface area (Å²) in [5.41, 5.74) is 0.827. The third-order valence-corrected chi connectivity index (χ3v) is 4.93. The molecule has 3 N–H and O–H groups in total. The first kappa shape index (κ1) is 16.3. The van der Waals surface area contributed by atoms with Crippen molar-refractivity contribution in [2.75, 3.05) is 10.6 Å². The minimum absolute atomic E-state index is 0.0186. The predicted molar refractivity (Wildman–Crippen MR) is 83.9 cm³/mol. The average Bonchev–Trinajstić information content (AvgIpc) is 2.48. The number of halogens is 2. The molecule has 1 atom stereocenters. The minimum atomic E-state index is -3.89. The van der Waals surface area contributed by atoms with Crippen LogP contribution in [0.4, 0.5) is 20.2 Å². The molecule has 1 heterocycles. The van der Waals surface area contributed by atoms with Gasteiger partial charge in [0.2, 0.25) is 10.0 Å². The number of nitrogens with one attached hydrogen (secondary N) is 3. The molecule has 2 aromatic rings.